The quantitative estimate of drug-likeness (QED) is 0.218. The number of oxime groups is 1. The largest absolute Gasteiger partial charge is 0.480 e. The summed E-state index contributed by atoms with van der Waals surface area (Å²) >= 11 is 11.9. The molecule has 15 heteroatoms. The van der Waals surface area contributed by atoms with Gasteiger partial charge in [0, 0.05) is 25.2 Å². The van der Waals surface area contributed by atoms with Crippen LogP contribution in [0.1, 0.15) is 49.9 Å². The predicted molar refractivity (Wildman–Crippen MR) is 146 cm³/mol. The molecule has 1 aromatic heterocycles. The normalized spacial score (nSPS) is 17.6. The van der Waals surface area contributed by atoms with Gasteiger partial charge in [-0.1, -0.05) is 34.4 Å². The lowest BCUT2D eigenvalue weighted by atomic mass is 10.0. The number of aliphatic carboxylic acids is 1. The van der Waals surface area contributed by atoms with Crippen LogP contribution in [0.4, 0.5) is 5.95 Å². The summed E-state index contributed by atoms with van der Waals surface area (Å²) in [6.07, 6.45) is 6.84. The van der Waals surface area contributed by atoms with Gasteiger partial charge >= 0.3 is 5.97 Å². The molecule has 1 amide bonds. The minimum atomic E-state index is -4.39. The zero-order valence-corrected chi connectivity index (χ0v) is 23.3. The predicted octanol–water partition coefficient (Wildman–Crippen LogP) is 2.87. The van der Waals surface area contributed by atoms with Crippen molar-refractivity contribution in [2.45, 2.75) is 68.4 Å². The third-order valence-corrected chi connectivity index (χ3v) is 8.87. The Bertz CT molecular complexity index is 1300. The van der Waals surface area contributed by atoms with Gasteiger partial charge in [0.15, 0.2) is 0 Å². The first-order valence-electron chi connectivity index (χ1n) is 12.7. The Morgan fingerprint density at radius 3 is 2.64 bits per heavy atom. The number of anilines is 1. The molecule has 5 N–H and O–H groups in total. The van der Waals surface area contributed by atoms with Crippen molar-refractivity contribution in [3.63, 3.8) is 0 Å². The lowest BCUT2D eigenvalue weighted by Crippen LogP contribution is -2.49. The highest BCUT2D eigenvalue weighted by molar-refractivity contribution is 7.89. The number of carbonyl (C=O) groups is 2. The number of aromatic amines is 1. The lowest BCUT2D eigenvalue weighted by molar-refractivity contribution is -0.138. The molecule has 2 aromatic rings. The summed E-state index contributed by atoms with van der Waals surface area (Å²) in [4.78, 5) is 37.0. The zero-order valence-electron chi connectivity index (χ0n) is 21.0. The van der Waals surface area contributed by atoms with Gasteiger partial charge in [0.2, 0.25) is 16.0 Å². The van der Waals surface area contributed by atoms with E-state index in [1.54, 1.807) is 0 Å². The summed E-state index contributed by atoms with van der Waals surface area (Å²) in [7, 11) is -4.39. The van der Waals surface area contributed by atoms with E-state index in [1.165, 1.54) is 36.7 Å². The number of H-pyrrole nitrogens is 1. The van der Waals surface area contributed by atoms with Crippen LogP contribution in [-0.4, -0.2) is 66.3 Å². The number of nitrogens with zero attached hydrogens (tertiary/aromatic N) is 2. The number of unbranched alkanes of at least 4 members (excludes halogenated alkanes) is 1. The maximum absolute atomic E-state index is 12.7. The van der Waals surface area contributed by atoms with Crippen LogP contribution in [-0.2, 0) is 37.3 Å². The lowest BCUT2D eigenvalue weighted by Gasteiger charge is -2.16. The van der Waals surface area contributed by atoms with Gasteiger partial charge in [0.05, 0.1) is 15.7 Å². The van der Waals surface area contributed by atoms with Crippen molar-refractivity contribution in [3.05, 3.63) is 39.6 Å². The van der Waals surface area contributed by atoms with Gasteiger partial charge < -0.3 is 25.6 Å². The van der Waals surface area contributed by atoms with Crippen molar-refractivity contribution in [1.29, 1.82) is 0 Å². The number of hydrogen-bond donors (Lipinski definition) is 5. The van der Waals surface area contributed by atoms with Gasteiger partial charge in [-0.25, -0.2) is 13.4 Å². The average Bonchev–Trinajstić information content (AvgIpc) is 3.52. The number of hydrogen-bond acceptors (Lipinski definition) is 8. The summed E-state index contributed by atoms with van der Waals surface area (Å²) in [6.45, 7) is 0.222. The number of carbonyl (C=O) groups excluding carboxylic acids is 1. The van der Waals surface area contributed by atoms with Crippen LogP contribution >= 0.6 is 23.2 Å². The zero-order chi connectivity index (χ0) is 28.0. The summed E-state index contributed by atoms with van der Waals surface area (Å²) in [5.74, 6) is -1.33. The molecule has 0 bridgehead atoms. The average molecular weight is 602 g/mol. The second kappa shape index (κ2) is 13.0. The fourth-order valence-electron chi connectivity index (χ4n) is 4.42. The molecule has 4 rings (SSSR count). The number of benzene rings is 1. The molecule has 2 atom stereocenters. The summed E-state index contributed by atoms with van der Waals surface area (Å²) in [5, 5.41) is 18.7. The van der Waals surface area contributed by atoms with Crippen molar-refractivity contribution in [1.82, 2.24) is 20.0 Å². The number of aryl methyl sites for hydroxylation is 2. The van der Waals surface area contributed by atoms with Crippen molar-refractivity contribution < 1.29 is 28.0 Å². The fourth-order valence-corrected chi connectivity index (χ4v) is 6.75. The molecule has 212 valence electrons. The van der Waals surface area contributed by atoms with Crippen LogP contribution in [0.15, 0.2) is 28.3 Å². The Morgan fingerprint density at radius 1 is 1.18 bits per heavy atom. The van der Waals surface area contributed by atoms with Crippen LogP contribution in [0.2, 0.25) is 10.0 Å². The van der Waals surface area contributed by atoms with Crippen molar-refractivity contribution in [3.8, 4) is 0 Å². The van der Waals surface area contributed by atoms with Crippen molar-refractivity contribution in [2.24, 2.45) is 5.16 Å². The van der Waals surface area contributed by atoms with Gasteiger partial charge in [-0.05, 0) is 57.1 Å². The number of halogens is 2. The Labute approximate surface area is 235 Å². The van der Waals surface area contributed by atoms with E-state index in [0.29, 0.717) is 6.42 Å². The third kappa shape index (κ3) is 7.62. The smallest absolute Gasteiger partial charge is 0.323 e. The monoisotopic (exact) mass is 600 g/mol. The molecule has 1 aliphatic carbocycles. The number of sulfonamides is 1. The summed E-state index contributed by atoms with van der Waals surface area (Å²) in [5.41, 5.74) is 2.49. The first kappa shape index (κ1) is 29.1. The van der Waals surface area contributed by atoms with Crippen LogP contribution in [0, 0.1) is 0 Å². The summed E-state index contributed by atoms with van der Waals surface area (Å²) < 4.78 is 27.4. The first-order valence-corrected chi connectivity index (χ1v) is 14.9. The molecule has 0 saturated heterocycles. The molecule has 39 heavy (non-hydrogen) atoms. The van der Waals surface area contributed by atoms with E-state index in [1.807, 2.05) is 4.72 Å². The molecule has 0 fully saturated rings. The topological polar surface area (TPSA) is 175 Å². The van der Waals surface area contributed by atoms with Crippen LogP contribution in [0.3, 0.4) is 0 Å². The molecule has 0 spiro atoms. The van der Waals surface area contributed by atoms with E-state index in [0.717, 1.165) is 43.9 Å². The molecule has 2 heterocycles. The van der Waals surface area contributed by atoms with Crippen LogP contribution in [0.25, 0.3) is 0 Å². The fraction of sp³-hybridized carbons (Fsp3) is 0.500. The Hall–Kier alpha value is -2.87. The Kier molecular flexibility index (Phi) is 9.70. The Morgan fingerprint density at radius 2 is 1.92 bits per heavy atom. The number of fused-ring (bicyclic) bond motifs is 1. The van der Waals surface area contributed by atoms with Gasteiger partial charge in [0.1, 0.15) is 22.8 Å². The highest BCUT2D eigenvalue weighted by Gasteiger charge is 2.31. The second-order valence-corrected chi connectivity index (χ2v) is 11.8. The molecule has 2 unspecified atom stereocenters. The summed E-state index contributed by atoms with van der Waals surface area (Å²) in [6, 6.07) is 2.42. The Balaban J connectivity index is 1.18. The number of rotatable bonds is 13. The number of carboxylic acid groups (broad SMARTS) is 1. The number of imidazole rings is 1. The van der Waals surface area contributed by atoms with E-state index in [4.69, 9.17) is 28.0 Å². The van der Waals surface area contributed by atoms with E-state index in [9.17, 15) is 23.1 Å². The van der Waals surface area contributed by atoms with Gasteiger partial charge in [-0.3, -0.25) is 9.59 Å². The maximum Gasteiger partial charge on any atom is 0.323 e. The maximum atomic E-state index is 12.7. The van der Waals surface area contributed by atoms with Crippen molar-refractivity contribution in [2.75, 3.05) is 18.4 Å². The second-order valence-electron chi connectivity index (χ2n) is 9.38. The highest BCUT2D eigenvalue weighted by Crippen LogP contribution is 2.29. The molecule has 0 saturated carbocycles. The van der Waals surface area contributed by atoms with Gasteiger partial charge in [0.25, 0.3) is 5.91 Å². The SMILES string of the molecule is O=C(NCC(NS(=O)(=O)c1c(Cl)cccc1Cl)C(=O)O)C1=NOC(CCCCNc2nc3c([nH]2)CCCC3)C1. The molecule has 12 nitrogen and oxygen atoms in total. The van der Waals surface area contributed by atoms with Crippen LogP contribution < -0.4 is 15.4 Å². The first-order chi connectivity index (χ1) is 18.6. The van der Waals surface area contributed by atoms with E-state index < -0.39 is 39.4 Å². The highest BCUT2D eigenvalue weighted by atomic mass is 35.5. The van der Waals surface area contributed by atoms with Crippen LogP contribution in [0.5, 0.6) is 0 Å². The number of aromatic nitrogens is 2. The van der Waals surface area contributed by atoms with Gasteiger partial charge in [-0.15, -0.1) is 0 Å². The van der Waals surface area contributed by atoms with Gasteiger partial charge in [-0.2, -0.15) is 4.72 Å². The number of carboxylic acids is 1. The van der Waals surface area contributed by atoms with Crippen molar-refractivity contribution >= 4 is 56.8 Å². The molecular formula is C24H30Cl2N6O6S. The molecular weight excluding hydrogens is 571 g/mol. The molecule has 0 radical (unpaired) electrons. The minimum Gasteiger partial charge on any atom is -0.480 e. The van der Waals surface area contributed by atoms with E-state index in [2.05, 4.69) is 25.8 Å². The standard InChI is InChI=1S/C24H30Cl2N6O6S/c25-15-7-5-8-16(26)21(15)39(36,37)32-20(23(34)35)13-28-22(33)19-12-14(38-31-19)6-3-4-11-27-24-29-17-9-1-2-10-18(17)30-24/h5,7-8,14,20,32H,1-4,6,9-13H2,(H,28,33)(H,34,35)(H2,27,29,30). The number of amides is 1. The molecule has 1 aliphatic heterocycles. The molecule has 1 aromatic carbocycles. The minimum absolute atomic E-state index is 0.112. The number of nitrogens with one attached hydrogen (secondary N) is 4. The van der Waals surface area contributed by atoms with E-state index in [-0.39, 0.29) is 28.3 Å². The third-order valence-electron chi connectivity index (χ3n) is 6.45. The van der Waals surface area contributed by atoms with E-state index >= 15 is 0 Å². The molecule has 2 aliphatic rings.